The van der Waals surface area contributed by atoms with Gasteiger partial charge in [0.1, 0.15) is 0 Å². The summed E-state index contributed by atoms with van der Waals surface area (Å²) in [5, 5.41) is 0. The number of hydrogen-bond acceptors (Lipinski definition) is 2. The third-order valence-corrected chi connectivity index (χ3v) is 70.1. The van der Waals surface area contributed by atoms with E-state index in [1.165, 1.54) is 61.2 Å². The Bertz CT molecular complexity index is 2290. The molecular formula is C48H47N2SnZr. The Morgan fingerprint density at radius 3 is 1.50 bits per heavy atom. The number of nitrogens with zero attached hydrogens (tertiary/aromatic N) is 2. The molecule has 0 aromatic heterocycles. The zero-order chi connectivity index (χ0) is 36.0. The van der Waals surface area contributed by atoms with Crippen molar-refractivity contribution in [1.82, 2.24) is 5.69 Å². The molecule has 0 saturated heterocycles. The molecular weight excluding hydrogens is 814 g/mol. The molecule has 6 aromatic carbocycles. The monoisotopic (exact) mass is 861 g/mol. The molecule has 0 bridgehead atoms. The van der Waals surface area contributed by atoms with Crippen LogP contribution in [0.25, 0.3) is 34.4 Å². The van der Waals surface area contributed by atoms with E-state index in [1.54, 1.807) is 7.16 Å². The van der Waals surface area contributed by atoms with Crippen LogP contribution in [-0.2, 0) is 18.2 Å². The quantitative estimate of drug-likeness (QED) is 0.134. The first-order valence-electron chi connectivity index (χ1n) is 18.4. The van der Waals surface area contributed by atoms with E-state index >= 15 is 0 Å². The Morgan fingerprint density at radius 1 is 0.462 bits per heavy atom. The summed E-state index contributed by atoms with van der Waals surface area (Å²) in [7, 11) is 9.57. The van der Waals surface area contributed by atoms with Gasteiger partial charge in [-0.15, -0.1) is 0 Å². The summed E-state index contributed by atoms with van der Waals surface area (Å²) in [6.45, 7) is 4.82. The molecule has 0 radical (unpaired) electrons. The van der Waals surface area contributed by atoms with Gasteiger partial charge in [-0.25, -0.2) is 0 Å². The SMILES string of the molecule is CC1=Cc2c(-c3ccccc3)cccc2C1c1cccc[c]1[Sn]([c]1ccccc1)([CH]1C(C)=Cc2c(-c3ccccc3)cccc21)[Zr]([N](C)C)[N](C)C. The van der Waals surface area contributed by atoms with Crippen LogP contribution < -0.4 is 7.16 Å². The number of rotatable bonds is 9. The number of allylic oxidation sites excluding steroid dienone is 2. The van der Waals surface area contributed by atoms with Crippen molar-refractivity contribution in [2.24, 2.45) is 0 Å². The first-order valence-corrected chi connectivity index (χ1v) is 34.8. The summed E-state index contributed by atoms with van der Waals surface area (Å²) in [4.78, 5) is 0. The standard InChI is InChI=1S/C22H17.C16H13.C6H5.2C2H6N.Sn.Zr/c1-16-15-21-19(17-9-4-2-5-10-17)13-8-14-20(21)22(16)18-11-6-3-7-12-18;1-12-10-14-8-5-9-15(16(14)11-12)13-6-3-2-4-7-13;1-2-4-6-5-3-1;2*1-3-2;;/h2-11,13-15,22H,1H3;2-11H,1H3;1-5H;2*1-2H3;;/q;;;2*-1;;+2. The second-order valence-corrected chi connectivity index (χ2v) is 50.9. The van der Waals surface area contributed by atoms with E-state index in [0.29, 0.717) is 3.93 Å². The fraction of sp³-hybridized carbons (Fsp3) is 0.167. The van der Waals surface area contributed by atoms with Gasteiger partial charge in [-0.2, -0.15) is 0 Å². The van der Waals surface area contributed by atoms with Crippen molar-refractivity contribution >= 4 is 33.1 Å². The van der Waals surface area contributed by atoms with Gasteiger partial charge >= 0.3 is 322 Å². The Balaban J connectivity index is 1.44. The fourth-order valence-corrected chi connectivity index (χ4v) is 78.3. The van der Waals surface area contributed by atoms with Gasteiger partial charge in [0.2, 0.25) is 0 Å². The molecule has 0 N–H and O–H groups in total. The fourth-order valence-electron chi connectivity index (χ4n) is 9.60. The number of hydrogen-bond donors (Lipinski definition) is 0. The van der Waals surface area contributed by atoms with Crippen molar-refractivity contribution in [3.8, 4) is 22.3 Å². The Morgan fingerprint density at radius 2 is 0.923 bits per heavy atom. The molecule has 4 heteroatoms. The summed E-state index contributed by atoms with van der Waals surface area (Å²) in [5.41, 5.74) is 15.5. The van der Waals surface area contributed by atoms with Crippen LogP contribution in [-0.4, -0.2) is 47.7 Å². The van der Waals surface area contributed by atoms with Gasteiger partial charge in [-0.05, 0) is 0 Å². The Kier molecular flexibility index (Phi) is 10.00. The van der Waals surface area contributed by atoms with Gasteiger partial charge in [0.15, 0.2) is 0 Å². The molecule has 0 saturated carbocycles. The van der Waals surface area contributed by atoms with Gasteiger partial charge in [-0.3, -0.25) is 0 Å². The number of fused-ring (bicyclic) bond motifs is 2. The first kappa shape index (κ1) is 35.4. The molecule has 0 fully saturated rings. The molecule has 0 heterocycles. The van der Waals surface area contributed by atoms with Gasteiger partial charge in [0.25, 0.3) is 0 Å². The van der Waals surface area contributed by atoms with Gasteiger partial charge in [0.05, 0.1) is 0 Å². The third-order valence-electron chi connectivity index (χ3n) is 11.3. The Hall–Kier alpha value is -3.60. The zero-order valence-corrected chi connectivity index (χ0v) is 36.4. The third kappa shape index (κ3) is 5.89. The van der Waals surface area contributed by atoms with Crippen LogP contribution in [0.1, 0.15) is 51.5 Å². The van der Waals surface area contributed by atoms with Crippen molar-refractivity contribution in [3.63, 3.8) is 0 Å². The molecule has 257 valence electrons. The van der Waals surface area contributed by atoms with E-state index in [9.17, 15) is 0 Å². The molecule has 0 aliphatic heterocycles. The molecule has 0 spiro atoms. The predicted molar refractivity (Wildman–Crippen MR) is 221 cm³/mol. The minimum absolute atomic E-state index is 0.212. The molecule has 8 rings (SSSR count). The second kappa shape index (κ2) is 14.7. The summed E-state index contributed by atoms with van der Waals surface area (Å²) < 4.78 is 9.12. The normalized spacial score (nSPS) is 17.4. The maximum absolute atomic E-state index is 3.92. The van der Waals surface area contributed by atoms with Crippen molar-refractivity contribution in [2.45, 2.75) is 23.7 Å². The van der Waals surface area contributed by atoms with Crippen molar-refractivity contribution in [1.29, 1.82) is 0 Å². The van der Waals surface area contributed by atoms with Crippen LogP contribution in [0, 0.1) is 0 Å². The summed E-state index contributed by atoms with van der Waals surface area (Å²) >= 11 is -6.63. The predicted octanol–water partition coefficient (Wildman–Crippen LogP) is 9.94. The molecule has 3 unspecified atom stereocenters. The van der Waals surface area contributed by atoms with E-state index in [0.717, 1.165) is 0 Å². The molecule has 2 aliphatic rings. The number of benzene rings is 6. The van der Waals surface area contributed by atoms with E-state index in [-0.39, 0.29) is 5.92 Å². The topological polar surface area (TPSA) is 6.48 Å². The Labute approximate surface area is 319 Å². The molecule has 6 aromatic rings. The zero-order valence-electron chi connectivity index (χ0n) is 31.1. The first-order chi connectivity index (χ1) is 25.3. The minimum atomic E-state index is -3.92. The van der Waals surface area contributed by atoms with Gasteiger partial charge in [0, 0.05) is 0 Å². The van der Waals surface area contributed by atoms with Crippen molar-refractivity contribution in [3.05, 3.63) is 191 Å². The summed E-state index contributed by atoms with van der Waals surface area (Å²) in [6.07, 6.45) is 5.05. The van der Waals surface area contributed by atoms with Crippen LogP contribution in [0.3, 0.4) is 0 Å². The van der Waals surface area contributed by atoms with Gasteiger partial charge < -0.3 is 0 Å². The van der Waals surface area contributed by atoms with Crippen LogP contribution in [0.5, 0.6) is 0 Å². The van der Waals surface area contributed by atoms with Crippen LogP contribution in [0.15, 0.2) is 163 Å². The summed E-state index contributed by atoms with van der Waals surface area (Å²) in [5.74, 6) is 0.212. The van der Waals surface area contributed by atoms with E-state index < -0.39 is 32.0 Å². The van der Waals surface area contributed by atoms with Crippen LogP contribution >= 0.6 is 0 Å². The van der Waals surface area contributed by atoms with Crippen LogP contribution in [0.4, 0.5) is 0 Å². The molecule has 0 amide bonds. The molecule has 2 nitrogen and oxygen atoms in total. The van der Waals surface area contributed by atoms with Crippen molar-refractivity contribution in [2.75, 3.05) is 28.2 Å². The van der Waals surface area contributed by atoms with Gasteiger partial charge in [-0.1, -0.05) is 0 Å². The second-order valence-electron chi connectivity index (χ2n) is 14.9. The molecule has 52 heavy (non-hydrogen) atoms. The van der Waals surface area contributed by atoms with E-state index in [4.69, 9.17) is 0 Å². The van der Waals surface area contributed by atoms with E-state index in [2.05, 4.69) is 212 Å². The molecule has 2 aliphatic carbocycles. The summed E-state index contributed by atoms with van der Waals surface area (Å²) in [6, 6.07) is 57.7. The molecule has 3 atom stereocenters. The van der Waals surface area contributed by atoms with Crippen LogP contribution in [0.2, 0.25) is 0 Å². The van der Waals surface area contributed by atoms with Crippen molar-refractivity contribution < 1.29 is 18.2 Å². The maximum atomic E-state index is 2.73. The average Bonchev–Trinajstić information content (AvgIpc) is 3.69. The average molecular weight is 862 g/mol. The van der Waals surface area contributed by atoms with E-state index in [1.807, 2.05) is 0 Å².